The molecule has 16 heavy (non-hydrogen) atoms. The van der Waals surface area contributed by atoms with Crippen molar-refractivity contribution < 1.29 is 9.84 Å². The van der Waals surface area contributed by atoms with E-state index in [1.807, 2.05) is 20.8 Å². The molecule has 3 nitrogen and oxygen atoms in total. The standard InChI is InChI=1S/C12H18BrNO2/c1-6-7(2)12(16-4)10(9(15)5-14)8(3)11(6)13/h9,15H,5,14H2,1-4H3. The molecule has 1 aromatic rings. The summed E-state index contributed by atoms with van der Waals surface area (Å²) in [7, 11) is 1.61. The molecule has 4 heteroatoms. The van der Waals surface area contributed by atoms with Crippen LogP contribution in [0.3, 0.4) is 0 Å². The first-order chi connectivity index (χ1) is 7.45. The van der Waals surface area contributed by atoms with Gasteiger partial charge in [0.25, 0.3) is 0 Å². The highest BCUT2D eigenvalue weighted by Crippen LogP contribution is 2.38. The Morgan fingerprint density at radius 1 is 1.25 bits per heavy atom. The number of rotatable bonds is 3. The molecule has 0 bridgehead atoms. The van der Waals surface area contributed by atoms with E-state index in [0.717, 1.165) is 32.5 Å². The fourth-order valence-corrected chi connectivity index (χ4v) is 2.40. The lowest BCUT2D eigenvalue weighted by Crippen LogP contribution is -2.15. The Kier molecular flexibility index (Phi) is 4.35. The second kappa shape index (κ2) is 5.17. The minimum atomic E-state index is -0.689. The molecule has 1 rings (SSSR count). The van der Waals surface area contributed by atoms with Crippen LogP contribution in [0.15, 0.2) is 4.47 Å². The van der Waals surface area contributed by atoms with Crippen LogP contribution in [0.4, 0.5) is 0 Å². The van der Waals surface area contributed by atoms with Crippen molar-refractivity contribution in [1.29, 1.82) is 0 Å². The minimum Gasteiger partial charge on any atom is -0.496 e. The molecule has 0 aliphatic carbocycles. The van der Waals surface area contributed by atoms with Gasteiger partial charge in [0.1, 0.15) is 5.75 Å². The molecular formula is C12H18BrNO2. The monoisotopic (exact) mass is 287 g/mol. The predicted molar refractivity (Wildman–Crippen MR) is 68.9 cm³/mol. The number of ether oxygens (including phenoxy) is 1. The van der Waals surface area contributed by atoms with Gasteiger partial charge in [-0.2, -0.15) is 0 Å². The smallest absolute Gasteiger partial charge is 0.128 e. The number of aliphatic hydroxyl groups excluding tert-OH is 1. The van der Waals surface area contributed by atoms with Crippen molar-refractivity contribution in [1.82, 2.24) is 0 Å². The normalized spacial score (nSPS) is 12.7. The molecule has 1 aromatic carbocycles. The summed E-state index contributed by atoms with van der Waals surface area (Å²) in [6, 6.07) is 0. The molecule has 1 unspecified atom stereocenters. The van der Waals surface area contributed by atoms with Gasteiger partial charge in [0, 0.05) is 16.6 Å². The Bertz CT molecular complexity index is 405. The second-order valence-corrected chi connectivity index (χ2v) is 4.68. The van der Waals surface area contributed by atoms with Crippen molar-refractivity contribution >= 4 is 15.9 Å². The van der Waals surface area contributed by atoms with E-state index >= 15 is 0 Å². The van der Waals surface area contributed by atoms with Gasteiger partial charge in [-0.1, -0.05) is 15.9 Å². The third-order valence-electron chi connectivity index (χ3n) is 2.97. The van der Waals surface area contributed by atoms with E-state index in [1.54, 1.807) is 7.11 Å². The highest BCUT2D eigenvalue weighted by atomic mass is 79.9. The Labute approximate surface area is 105 Å². The van der Waals surface area contributed by atoms with E-state index in [9.17, 15) is 5.11 Å². The van der Waals surface area contributed by atoms with Gasteiger partial charge in [0.15, 0.2) is 0 Å². The lowest BCUT2D eigenvalue weighted by atomic mass is 9.95. The third-order valence-corrected chi connectivity index (χ3v) is 4.16. The molecule has 90 valence electrons. The molecule has 0 saturated heterocycles. The number of hydrogen-bond donors (Lipinski definition) is 2. The molecule has 0 amide bonds. The fourth-order valence-electron chi connectivity index (χ4n) is 1.89. The summed E-state index contributed by atoms with van der Waals surface area (Å²) in [4.78, 5) is 0. The lowest BCUT2D eigenvalue weighted by Gasteiger charge is -2.21. The number of hydrogen-bond acceptors (Lipinski definition) is 3. The van der Waals surface area contributed by atoms with E-state index in [-0.39, 0.29) is 6.54 Å². The van der Waals surface area contributed by atoms with Gasteiger partial charge >= 0.3 is 0 Å². The zero-order chi connectivity index (χ0) is 12.5. The van der Waals surface area contributed by atoms with Gasteiger partial charge in [0.2, 0.25) is 0 Å². The number of aliphatic hydroxyl groups is 1. The van der Waals surface area contributed by atoms with Gasteiger partial charge < -0.3 is 15.6 Å². The maximum atomic E-state index is 9.94. The van der Waals surface area contributed by atoms with Crippen LogP contribution in [0.1, 0.15) is 28.4 Å². The van der Waals surface area contributed by atoms with Gasteiger partial charge in [0.05, 0.1) is 13.2 Å². The quantitative estimate of drug-likeness (QED) is 0.897. The van der Waals surface area contributed by atoms with Crippen molar-refractivity contribution in [2.75, 3.05) is 13.7 Å². The maximum absolute atomic E-state index is 9.94. The largest absolute Gasteiger partial charge is 0.496 e. The average molecular weight is 288 g/mol. The maximum Gasteiger partial charge on any atom is 0.128 e. The second-order valence-electron chi connectivity index (χ2n) is 3.89. The molecule has 0 aliphatic heterocycles. The van der Waals surface area contributed by atoms with Crippen LogP contribution >= 0.6 is 15.9 Å². The Morgan fingerprint density at radius 2 is 1.81 bits per heavy atom. The van der Waals surface area contributed by atoms with E-state index in [2.05, 4.69) is 15.9 Å². The number of benzene rings is 1. The minimum absolute atomic E-state index is 0.187. The SMILES string of the molecule is COc1c(C)c(C)c(Br)c(C)c1C(O)CN. The number of methoxy groups -OCH3 is 1. The van der Waals surface area contributed by atoms with Crippen molar-refractivity contribution in [2.45, 2.75) is 26.9 Å². The molecule has 0 radical (unpaired) electrons. The van der Waals surface area contributed by atoms with Crippen molar-refractivity contribution in [3.05, 3.63) is 26.7 Å². The van der Waals surface area contributed by atoms with Crippen molar-refractivity contribution in [3.63, 3.8) is 0 Å². The number of nitrogens with two attached hydrogens (primary N) is 1. The molecule has 0 spiro atoms. The summed E-state index contributed by atoms with van der Waals surface area (Å²) in [6.07, 6.45) is -0.689. The average Bonchev–Trinajstić information content (AvgIpc) is 2.29. The van der Waals surface area contributed by atoms with Crippen LogP contribution in [0.5, 0.6) is 5.75 Å². The highest BCUT2D eigenvalue weighted by molar-refractivity contribution is 9.10. The van der Waals surface area contributed by atoms with Gasteiger partial charge in [-0.25, -0.2) is 0 Å². The van der Waals surface area contributed by atoms with Crippen molar-refractivity contribution in [2.24, 2.45) is 5.73 Å². The van der Waals surface area contributed by atoms with E-state index < -0.39 is 6.10 Å². The van der Waals surface area contributed by atoms with Gasteiger partial charge in [-0.3, -0.25) is 0 Å². The summed E-state index contributed by atoms with van der Waals surface area (Å²) < 4.78 is 6.39. The molecule has 0 saturated carbocycles. The molecule has 1 atom stereocenters. The van der Waals surface area contributed by atoms with Crippen LogP contribution in [0.2, 0.25) is 0 Å². The van der Waals surface area contributed by atoms with Crippen molar-refractivity contribution in [3.8, 4) is 5.75 Å². The molecule has 0 fully saturated rings. The molecular weight excluding hydrogens is 270 g/mol. The van der Waals surface area contributed by atoms with E-state index in [0.29, 0.717) is 0 Å². The Morgan fingerprint density at radius 3 is 2.25 bits per heavy atom. The topological polar surface area (TPSA) is 55.5 Å². The first kappa shape index (κ1) is 13.5. The lowest BCUT2D eigenvalue weighted by molar-refractivity contribution is 0.181. The van der Waals surface area contributed by atoms with Gasteiger partial charge in [-0.05, 0) is 37.5 Å². The van der Waals surface area contributed by atoms with Gasteiger partial charge in [-0.15, -0.1) is 0 Å². The van der Waals surface area contributed by atoms with E-state index in [1.165, 1.54) is 0 Å². The van der Waals surface area contributed by atoms with Crippen LogP contribution in [0, 0.1) is 20.8 Å². The Hall–Kier alpha value is -0.580. The molecule has 0 aromatic heterocycles. The summed E-state index contributed by atoms with van der Waals surface area (Å²) in [5.74, 6) is 0.733. The Balaban J connectivity index is 3.57. The molecule has 0 aliphatic rings. The first-order valence-corrected chi connectivity index (χ1v) is 5.96. The van der Waals surface area contributed by atoms with E-state index in [4.69, 9.17) is 10.5 Å². The summed E-state index contributed by atoms with van der Waals surface area (Å²) in [5, 5.41) is 9.94. The van der Waals surface area contributed by atoms with Crippen LogP contribution < -0.4 is 10.5 Å². The summed E-state index contributed by atoms with van der Waals surface area (Å²) in [5.41, 5.74) is 9.43. The fraction of sp³-hybridized carbons (Fsp3) is 0.500. The van der Waals surface area contributed by atoms with Crippen LogP contribution in [0.25, 0.3) is 0 Å². The zero-order valence-electron chi connectivity index (χ0n) is 10.1. The van der Waals surface area contributed by atoms with Crippen LogP contribution in [-0.2, 0) is 0 Å². The highest BCUT2D eigenvalue weighted by Gasteiger charge is 2.21. The molecule has 0 heterocycles. The first-order valence-electron chi connectivity index (χ1n) is 5.16. The third kappa shape index (κ3) is 2.10. The summed E-state index contributed by atoms with van der Waals surface area (Å²) >= 11 is 3.53. The predicted octanol–water partition coefficient (Wildman–Crippen LogP) is 2.38. The van der Waals surface area contributed by atoms with Crippen LogP contribution in [-0.4, -0.2) is 18.8 Å². The number of halogens is 1. The zero-order valence-corrected chi connectivity index (χ0v) is 11.7. The summed E-state index contributed by atoms with van der Waals surface area (Å²) in [6.45, 7) is 6.14. The molecule has 3 N–H and O–H groups in total.